The molecule has 0 saturated heterocycles. The summed E-state index contributed by atoms with van der Waals surface area (Å²) in [5, 5.41) is 8.52. The van der Waals surface area contributed by atoms with Gasteiger partial charge in [-0.25, -0.2) is 0 Å². The summed E-state index contributed by atoms with van der Waals surface area (Å²) < 4.78 is 0. The van der Waals surface area contributed by atoms with Crippen LogP contribution in [0.2, 0.25) is 0 Å². The van der Waals surface area contributed by atoms with Crippen LogP contribution in [-0.4, -0.2) is 10.7 Å². The Kier molecular flexibility index (Phi) is 29.9. The Hall–Kier alpha value is -1.10. The van der Waals surface area contributed by atoms with E-state index in [1.165, 1.54) is 0 Å². The van der Waals surface area contributed by atoms with Crippen molar-refractivity contribution in [3.05, 3.63) is 36.4 Å². The normalized spacial score (nSPS) is 7.20. The van der Waals surface area contributed by atoms with Gasteiger partial charge in [-0.1, -0.05) is 36.4 Å². The van der Waals surface area contributed by atoms with Crippen molar-refractivity contribution in [2.75, 3.05) is 0 Å². The second-order valence-corrected chi connectivity index (χ2v) is 3.33. The van der Waals surface area contributed by atoms with Crippen LogP contribution in [0.15, 0.2) is 36.4 Å². The fourth-order valence-corrected chi connectivity index (χ4v) is 0.385. The smallest absolute Gasteiger partial charge is 0.0563 e. The van der Waals surface area contributed by atoms with Gasteiger partial charge in [0.25, 0.3) is 0 Å². The molecule has 0 aliphatic heterocycles. The lowest BCUT2D eigenvalue weighted by molar-refractivity contribution is 0.102. The minimum absolute atomic E-state index is 0. The van der Waals surface area contributed by atoms with Crippen LogP contribution in [0.4, 0.5) is 18.8 Å². The molecule has 0 bridgehead atoms. The average Bonchev–Trinajstić information content (AvgIpc) is 1.88. The van der Waals surface area contributed by atoms with Gasteiger partial charge >= 0.3 is 0 Å². The maximum absolute atomic E-state index is 8.52. The first-order chi connectivity index (χ1) is 5.00. The summed E-state index contributed by atoms with van der Waals surface area (Å²) in [5.41, 5.74) is -0.500. The molecule has 0 atom stereocenters. The molecule has 0 saturated carbocycles. The summed E-state index contributed by atoms with van der Waals surface area (Å²) in [5.74, 6) is 0. The fraction of sp³-hybridized carbons (Fsp3) is 0.400. The van der Waals surface area contributed by atoms with Crippen LogP contribution >= 0.6 is 0 Å². The summed E-state index contributed by atoms with van der Waals surface area (Å²) in [6.07, 6.45) is 0. The number of halogens is 4. The maximum Gasteiger partial charge on any atom is 0.0563 e. The van der Waals surface area contributed by atoms with Gasteiger partial charge in [-0.05, 0) is 20.8 Å². The van der Waals surface area contributed by atoms with Gasteiger partial charge in [-0.15, -0.1) is 0 Å². The van der Waals surface area contributed by atoms with Crippen LogP contribution in [0.5, 0.6) is 0 Å². The van der Waals surface area contributed by atoms with Crippen molar-refractivity contribution in [1.29, 1.82) is 0 Å². The Morgan fingerprint density at radius 1 is 0.600 bits per heavy atom. The van der Waals surface area contributed by atoms with E-state index in [0.717, 1.165) is 0 Å². The topological polar surface area (TPSA) is 20.2 Å². The first kappa shape index (κ1) is 29.2. The Morgan fingerprint density at radius 2 is 0.667 bits per heavy atom. The molecular formula is C10H20F4O. The first-order valence-corrected chi connectivity index (χ1v) is 3.72. The molecule has 0 radical (unpaired) electrons. The molecule has 0 aliphatic carbocycles. The second kappa shape index (κ2) is 15.4. The predicted molar refractivity (Wildman–Crippen MR) is 58.4 cm³/mol. The summed E-state index contributed by atoms with van der Waals surface area (Å²) in [6.45, 7) is 5.23. The Labute approximate surface area is 87.6 Å². The average molecular weight is 232 g/mol. The molecular weight excluding hydrogens is 212 g/mol. The van der Waals surface area contributed by atoms with Crippen molar-refractivity contribution in [1.82, 2.24) is 0 Å². The number of rotatable bonds is 0. The molecule has 0 heterocycles. The first-order valence-electron chi connectivity index (χ1n) is 3.72. The van der Waals surface area contributed by atoms with E-state index < -0.39 is 5.60 Å². The second-order valence-electron chi connectivity index (χ2n) is 3.33. The molecule has 0 unspecified atom stereocenters. The molecule has 94 valence electrons. The van der Waals surface area contributed by atoms with Crippen molar-refractivity contribution in [2.24, 2.45) is 0 Å². The lowest BCUT2D eigenvalue weighted by atomic mass is 10.2. The lowest BCUT2D eigenvalue weighted by Gasteiger charge is -2.04. The standard InChI is InChI=1S/C6H6.C4H10O.4FH/c1-2-4-6-5-3-1;1-4(2,3)5;;;;/h1-6H;5H,1-3H3;4*1H. The van der Waals surface area contributed by atoms with Gasteiger partial charge in [-0.3, -0.25) is 18.8 Å². The van der Waals surface area contributed by atoms with Crippen molar-refractivity contribution >= 4 is 0 Å². The molecule has 0 aliphatic rings. The molecule has 0 spiro atoms. The molecule has 5 heteroatoms. The van der Waals surface area contributed by atoms with Crippen molar-refractivity contribution in [3.8, 4) is 0 Å². The highest BCUT2D eigenvalue weighted by molar-refractivity contribution is 4.99. The van der Waals surface area contributed by atoms with Gasteiger partial charge in [-0.2, -0.15) is 0 Å². The number of benzene rings is 1. The minimum atomic E-state index is -0.500. The summed E-state index contributed by atoms with van der Waals surface area (Å²) in [4.78, 5) is 0. The highest BCUT2D eigenvalue weighted by Gasteiger charge is 1.97. The van der Waals surface area contributed by atoms with E-state index in [1.807, 2.05) is 36.4 Å². The zero-order valence-corrected chi connectivity index (χ0v) is 9.04. The number of hydrogen-bond donors (Lipinski definition) is 1. The van der Waals surface area contributed by atoms with E-state index in [9.17, 15) is 0 Å². The largest absolute Gasteiger partial charge is 0.391 e. The molecule has 1 aromatic carbocycles. The van der Waals surface area contributed by atoms with E-state index >= 15 is 0 Å². The van der Waals surface area contributed by atoms with E-state index in [4.69, 9.17) is 5.11 Å². The highest BCUT2D eigenvalue weighted by Crippen LogP contribution is 1.93. The van der Waals surface area contributed by atoms with Gasteiger partial charge in [0, 0.05) is 0 Å². The molecule has 15 heavy (non-hydrogen) atoms. The molecule has 0 aromatic heterocycles. The third-order valence-electron chi connectivity index (χ3n) is 0.667. The van der Waals surface area contributed by atoms with Gasteiger partial charge in [0.1, 0.15) is 0 Å². The molecule has 1 nitrogen and oxygen atoms in total. The Bertz CT molecular complexity index is 142. The predicted octanol–water partition coefficient (Wildman–Crippen LogP) is 3.07. The summed E-state index contributed by atoms with van der Waals surface area (Å²) in [6, 6.07) is 12.0. The summed E-state index contributed by atoms with van der Waals surface area (Å²) in [7, 11) is 0. The molecule has 1 aromatic rings. The van der Waals surface area contributed by atoms with Gasteiger partial charge in [0.15, 0.2) is 0 Å². The SMILES string of the molecule is CC(C)(C)O.F.F.F.F.c1ccccc1. The van der Waals surface area contributed by atoms with Crippen LogP contribution < -0.4 is 0 Å². The van der Waals surface area contributed by atoms with Gasteiger partial charge in [0.2, 0.25) is 0 Å². The maximum atomic E-state index is 8.52. The lowest BCUT2D eigenvalue weighted by Crippen LogP contribution is -2.10. The quantitative estimate of drug-likeness (QED) is 0.681. The number of hydrogen-bond acceptors (Lipinski definition) is 1. The van der Waals surface area contributed by atoms with Crippen molar-refractivity contribution in [3.63, 3.8) is 0 Å². The monoisotopic (exact) mass is 232 g/mol. The van der Waals surface area contributed by atoms with Crippen molar-refractivity contribution < 1.29 is 23.9 Å². The molecule has 0 fully saturated rings. The zero-order valence-electron chi connectivity index (χ0n) is 9.04. The van der Waals surface area contributed by atoms with Gasteiger partial charge in [0.05, 0.1) is 5.60 Å². The highest BCUT2D eigenvalue weighted by atomic mass is 19.0. The van der Waals surface area contributed by atoms with Crippen LogP contribution in [0.25, 0.3) is 0 Å². The molecule has 1 rings (SSSR count). The minimum Gasteiger partial charge on any atom is -0.391 e. The van der Waals surface area contributed by atoms with Crippen LogP contribution in [0, 0.1) is 0 Å². The van der Waals surface area contributed by atoms with Crippen molar-refractivity contribution in [2.45, 2.75) is 26.4 Å². The Balaban J connectivity index is -0.0000000356. The van der Waals surface area contributed by atoms with Crippen LogP contribution in [0.1, 0.15) is 20.8 Å². The number of aliphatic hydroxyl groups is 1. The van der Waals surface area contributed by atoms with E-state index in [1.54, 1.807) is 20.8 Å². The van der Waals surface area contributed by atoms with Crippen LogP contribution in [-0.2, 0) is 0 Å². The molecule has 1 N–H and O–H groups in total. The third-order valence-corrected chi connectivity index (χ3v) is 0.667. The third kappa shape index (κ3) is 63.8. The summed E-state index contributed by atoms with van der Waals surface area (Å²) >= 11 is 0. The Morgan fingerprint density at radius 3 is 0.733 bits per heavy atom. The van der Waals surface area contributed by atoms with Crippen LogP contribution in [0.3, 0.4) is 0 Å². The molecule has 0 amide bonds. The van der Waals surface area contributed by atoms with E-state index in [0.29, 0.717) is 0 Å². The van der Waals surface area contributed by atoms with E-state index in [2.05, 4.69) is 0 Å². The zero-order chi connectivity index (χ0) is 8.74. The van der Waals surface area contributed by atoms with Gasteiger partial charge < -0.3 is 5.11 Å². The van der Waals surface area contributed by atoms with E-state index in [-0.39, 0.29) is 18.8 Å². The fourth-order valence-electron chi connectivity index (χ4n) is 0.385.